The minimum absolute atomic E-state index is 0.100. The van der Waals surface area contributed by atoms with Crippen LogP contribution in [0, 0.1) is 10.1 Å². The maximum atomic E-state index is 12.3. The van der Waals surface area contributed by atoms with E-state index in [0.29, 0.717) is 0 Å². The van der Waals surface area contributed by atoms with Crippen LogP contribution in [0.15, 0.2) is 23.4 Å². The Balaban J connectivity index is 2.62. The second-order valence-corrected chi connectivity index (χ2v) is 5.14. The Kier molecular flexibility index (Phi) is 5.11. The summed E-state index contributed by atoms with van der Waals surface area (Å²) in [6.45, 7) is 3.27. The number of rotatable bonds is 5. The molecular formula is C15H17N3O7. The van der Waals surface area contributed by atoms with Crippen LogP contribution in [0.5, 0.6) is 11.5 Å². The van der Waals surface area contributed by atoms with E-state index >= 15 is 0 Å². The average molecular weight is 351 g/mol. The Hall–Kier alpha value is -3.30. The van der Waals surface area contributed by atoms with Crippen molar-refractivity contribution >= 4 is 17.7 Å². The zero-order valence-corrected chi connectivity index (χ0v) is 13.8. The lowest BCUT2D eigenvalue weighted by Crippen LogP contribution is -2.45. The van der Waals surface area contributed by atoms with Gasteiger partial charge in [0.1, 0.15) is 0 Å². The van der Waals surface area contributed by atoms with Gasteiger partial charge in [0, 0.05) is 11.8 Å². The van der Waals surface area contributed by atoms with E-state index in [9.17, 15) is 24.8 Å². The van der Waals surface area contributed by atoms with Crippen molar-refractivity contribution in [2.45, 2.75) is 19.9 Å². The van der Waals surface area contributed by atoms with Gasteiger partial charge in [-0.3, -0.25) is 10.1 Å². The largest absolute Gasteiger partial charge is 0.500 e. The number of phenols is 1. The van der Waals surface area contributed by atoms with Gasteiger partial charge in [0.25, 0.3) is 0 Å². The highest BCUT2D eigenvalue weighted by Gasteiger charge is 2.34. The third-order valence-corrected chi connectivity index (χ3v) is 3.59. The van der Waals surface area contributed by atoms with E-state index in [-0.39, 0.29) is 29.2 Å². The number of aromatic hydroxyl groups is 1. The maximum Gasteiger partial charge on any atom is 0.338 e. The SMILES string of the molecule is CCOC(=O)C1=C(C)NC(=O)N[C@@H]1c1cc(OC)c(O)c([N+](=O)[O-])c1. The van der Waals surface area contributed by atoms with Crippen molar-refractivity contribution in [3.8, 4) is 11.5 Å². The van der Waals surface area contributed by atoms with E-state index in [4.69, 9.17) is 9.47 Å². The van der Waals surface area contributed by atoms with Gasteiger partial charge in [-0.05, 0) is 25.5 Å². The van der Waals surface area contributed by atoms with Crippen LogP contribution in [0.25, 0.3) is 0 Å². The molecule has 1 aliphatic rings. The first-order valence-corrected chi connectivity index (χ1v) is 7.30. The van der Waals surface area contributed by atoms with Crippen molar-refractivity contribution in [1.82, 2.24) is 10.6 Å². The summed E-state index contributed by atoms with van der Waals surface area (Å²) in [5.74, 6) is -1.47. The molecular weight excluding hydrogens is 334 g/mol. The summed E-state index contributed by atoms with van der Waals surface area (Å²) in [6.07, 6.45) is 0. The number of ether oxygens (including phenoxy) is 2. The summed E-state index contributed by atoms with van der Waals surface area (Å²) in [6, 6.07) is 0.803. The molecule has 0 bridgehead atoms. The lowest BCUT2D eigenvalue weighted by molar-refractivity contribution is -0.386. The second kappa shape index (κ2) is 7.07. The van der Waals surface area contributed by atoms with Crippen LogP contribution in [0.3, 0.4) is 0 Å². The van der Waals surface area contributed by atoms with Crippen LogP contribution in [0.2, 0.25) is 0 Å². The minimum Gasteiger partial charge on any atom is -0.500 e. The highest BCUT2D eigenvalue weighted by atomic mass is 16.6. The highest BCUT2D eigenvalue weighted by molar-refractivity contribution is 5.95. The molecule has 1 heterocycles. The molecule has 0 aliphatic carbocycles. The minimum atomic E-state index is -0.999. The van der Waals surface area contributed by atoms with Crippen LogP contribution in [0.1, 0.15) is 25.5 Å². The number of benzene rings is 1. The normalized spacial score (nSPS) is 16.8. The molecule has 1 aromatic carbocycles. The van der Waals surface area contributed by atoms with Crippen molar-refractivity contribution < 1.29 is 29.1 Å². The number of allylic oxidation sites excluding steroid dienone is 1. The fourth-order valence-electron chi connectivity index (χ4n) is 2.50. The summed E-state index contributed by atoms with van der Waals surface area (Å²) in [5.41, 5.74) is -0.0491. The van der Waals surface area contributed by atoms with Gasteiger partial charge in [0.15, 0.2) is 5.75 Å². The Morgan fingerprint density at radius 1 is 1.44 bits per heavy atom. The number of esters is 1. The first kappa shape index (κ1) is 18.0. The zero-order chi connectivity index (χ0) is 18.7. The van der Waals surface area contributed by atoms with Crippen molar-refractivity contribution in [1.29, 1.82) is 0 Å². The van der Waals surface area contributed by atoms with Crippen molar-refractivity contribution in [2.75, 3.05) is 13.7 Å². The molecule has 2 rings (SSSR count). The number of carbonyl (C=O) groups is 2. The van der Waals surface area contributed by atoms with E-state index in [0.717, 1.165) is 6.07 Å². The number of amides is 2. The molecule has 0 saturated carbocycles. The number of nitrogens with zero attached hydrogens (tertiary/aromatic N) is 1. The van der Waals surface area contributed by atoms with Gasteiger partial charge in [-0.2, -0.15) is 0 Å². The number of urea groups is 1. The lowest BCUT2D eigenvalue weighted by Gasteiger charge is -2.28. The second-order valence-electron chi connectivity index (χ2n) is 5.14. The fraction of sp³-hybridized carbons (Fsp3) is 0.333. The molecule has 1 aromatic rings. The molecule has 0 fully saturated rings. The summed E-state index contributed by atoms with van der Waals surface area (Å²) in [5, 5.41) is 26.0. The van der Waals surface area contributed by atoms with Crippen molar-refractivity contribution in [3.05, 3.63) is 39.1 Å². The van der Waals surface area contributed by atoms with E-state index < -0.39 is 34.4 Å². The number of hydrogen-bond donors (Lipinski definition) is 3. The predicted molar refractivity (Wildman–Crippen MR) is 85.1 cm³/mol. The lowest BCUT2D eigenvalue weighted by atomic mass is 9.94. The van der Waals surface area contributed by atoms with Gasteiger partial charge in [0.05, 0.1) is 30.3 Å². The van der Waals surface area contributed by atoms with E-state index in [1.54, 1.807) is 6.92 Å². The molecule has 25 heavy (non-hydrogen) atoms. The van der Waals surface area contributed by atoms with Crippen LogP contribution in [-0.2, 0) is 9.53 Å². The third-order valence-electron chi connectivity index (χ3n) is 3.59. The fourth-order valence-corrected chi connectivity index (χ4v) is 2.50. The number of phenolic OH excluding ortho intramolecular Hbond substituents is 1. The molecule has 0 spiro atoms. The Morgan fingerprint density at radius 2 is 2.12 bits per heavy atom. The monoisotopic (exact) mass is 351 g/mol. The Bertz CT molecular complexity index is 773. The van der Waals surface area contributed by atoms with Gasteiger partial charge < -0.3 is 25.2 Å². The molecule has 0 saturated heterocycles. The van der Waals surface area contributed by atoms with Gasteiger partial charge in [0.2, 0.25) is 5.75 Å². The summed E-state index contributed by atoms with van der Waals surface area (Å²) in [4.78, 5) is 34.4. The highest BCUT2D eigenvalue weighted by Crippen LogP contribution is 2.40. The molecule has 1 aliphatic heterocycles. The van der Waals surface area contributed by atoms with Gasteiger partial charge in [-0.1, -0.05) is 0 Å². The first-order valence-electron chi connectivity index (χ1n) is 7.30. The van der Waals surface area contributed by atoms with Gasteiger partial charge in [-0.25, -0.2) is 9.59 Å². The molecule has 10 heteroatoms. The van der Waals surface area contributed by atoms with Gasteiger partial charge >= 0.3 is 17.7 Å². The summed E-state index contributed by atoms with van der Waals surface area (Å²) in [7, 11) is 1.23. The predicted octanol–water partition coefficient (Wildman–Crippen LogP) is 1.50. The molecule has 0 unspecified atom stereocenters. The molecule has 2 amide bonds. The first-order chi connectivity index (χ1) is 11.8. The topological polar surface area (TPSA) is 140 Å². The maximum absolute atomic E-state index is 12.3. The van der Waals surface area contributed by atoms with E-state index in [1.807, 2.05) is 0 Å². The number of nitro benzene ring substituents is 1. The summed E-state index contributed by atoms with van der Waals surface area (Å²) < 4.78 is 9.94. The number of hydrogen-bond acceptors (Lipinski definition) is 7. The van der Waals surface area contributed by atoms with Crippen molar-refractivity contribution in [2.24, 2.45) is 0 Å². The zero-order valence-electron chi connectivity index (χ0n) is 13.8. The summed E-state index contributed by atoms with van der Waals surface area (Å²) >= 11 is 0. The Labute approximate surface area is 142 Å². The van der Waals surface area contributed by atoms with Crippen LogP contribution < -0.4 is 15.4 Å². The standard InChI is InChI=1S/C15H17N3O7/c1-4-25-14(20)11-7(2)16-15(21)17-12(11)8-5-9(18(22)23)13(19)10(6-8)24-3/h5-6,12,19H,4H2,1-3H3,(H2,16,17,21)/t12-/m1/s1. The number of nitro groups is 1. The average Bonchev–Trinajstić information content (AvgIpc) is 2.54. The molecule has 10 nitrogen and oxygen atoms in total. The third kappa shape index (κ3) is 3.47. The van der Waals surface area contributed by atoms with Crippen LogP contribution in [-0.4, -0.2) is 35.7 Å². The molecule has 0 radical (unpaired) electrons. The molecule has 134 valence electrons. The number of nitrogens with one attached hydrogen (secondary N) is 2. The molecule has 3 N–H and O–H groups in total. The quantitative estimate of drug-likeness (QED) is 0.415. The molecule has 1 atom stereocenters. The Morgan fingerprint density at radius 3 is 2.68 bits per heavy atom. The van der Waals surface area contributed by atoms with Gasteiger partial charge in [-0.15, -0.1) is 0 Å². The smallest absolute Gasteiger partial charge is 0.338 e. The van der Waals surface area contributed by atoms with Crippen LogP contribution >= 0.6 is 0 Å². The van der Waals surface area contributed by atoms with Crippen molar-refractivity contribution in [3.63, 3.8) is 0 Å². The van der Waals surface area contributed by atoms with Crippen LogP contribution in [0.4, 0.5) is 10.5 Å². The molecule has 0 aromatic heterocycles. The van der Waals surface area contributed by atoms with E-state index in [2.05, 4.69) is 10.6 Å². The van der Waals surface area contributed by atoms with E-state index in [1.165, 1.54) is 20.1 Å². The number of methoxy groups -OCH3 is 1. The number of carbonyl (C=O) groups excluding carboxylic acids is 2.